The van der Waals surface area contributed by atoms with E-state index >= 15 is 0 Å². The first-order valence-electron chi connectivity index (χ1n) is 4.29. The Labute approximate surface area is 94.9 Å². The van der Waals surface area contributed by atoms with Crippen molar-refractivity contribution in [3.63, 3.8) is 0 Å². The van der Waals surface area contributed by atoms with Crippen molar-refractivity contribution in [2.24, 2.45) is 0 Å². The molecule has 4 heteroatoms. The van der Waals surface area contributed by atoms with Gasteiger partial charge >= 0.3 is 0 Å². The number of benzene rings is 1. The van der Waals surface area contributed by atoms with Crippen LogP contribution >= 0.6 is 15.9 Å². The third-order valence-corrected chi connectivity index (χ3v) is 2.17. The SMILES string of the molecule is Fc1cc(Br)cnc1Oc1ccccc1. The monoisotopic (exact) mass is 267 g/mol. The van der Waals surface area contributed by atoms with E-state index in [-0.39, 0.29) is 5.88 Å². The predicted octanol–water partition coefficient (Wildman–Crippen LogP) is 3.78. The van der Waals surface area contributed by atoms with Crippen LogP contribution in [0.4, 0.5) is 4.39 Å². The average molecular weight is 268 g/mol. The molecule has 0 amide bonds. The van der Waals surface area contributed by atoms with Crippen LogP contribution in [-0.2, 0) is 0 Å². The number of aromatic nitrogens is 1. The average Bonchev–Trinajstić information content (AvgIpc) is 2.24. The molecule has 2 nitrogen and oxygen atoms in total. The Bertz CT molecular complexity index is 461. The van der Waals surface area contributed by atoms with Gasteiger partial charge in [-0.15, -0.1) is 0 Å². The first-order valence-corrected chi connectivity index (χ1v) is 5.09. The van der Waals surface area contributed by atoms with Crippen molar-refractivity contribution in [1.82, 2.24) is 4.98 Å². The van der Waals surface area contributed by atoms with Crippen LogP contribution in [0.1, 0.15) is 0 Å². The van der Waals surface area contributed by atoms with Crippen molar-refractivity contribution in [1.29, 1.82) is 0 Å². The molecule has 0 unspecified atom stereocenters. The van der Waals surface area contributed by atoms with Gasteiger partial charge in [0.2, 0.25) is 0 Å². The molecule has 0 radical (unpaired) electrons. The van der Waals surface area contributed by atoms with Crippen molar-refractivity contribution >= 4 is 15.9 Å². The van der Waals surface area contributed by atoms with Crippen molar-refractivity contribution in [2.75, 3.05) is 0 Å². The molecule has 0 saturated carbocycles. The van der Waals surface area contributed by atoms with Crippen molar-refractivity contribution in [2.45, 2.75) is 0 Å². The normalized spacial score (nSPS) is 10.0. The van der Waals surface area contributed by atoms with E-state index in [0.29, 0.717) is 10.2 Å². The van der Waals surface area contributed by atoms with Crippen LogP contribution in [0.15, 0.2) is 47.1 Å². The number of nitrogens with zero attached hydrogens (tertiary/aromatic N) is 1. The maximum absolute atomic E-state index is 13.3. The highest BCUT2D eigenvalue weighted by atomic mass is 79.9. The summed E-state index contributed by atoms with van der Waals surface area (Å²) in [6.45, 7) is 0. The van der Waals surface area contributed by atoms with Crippen LogP contribution in [0, 0.1) is 5.82 Å². The van der Waals surface area contributed by atoms with Gasteiger partial charge in [-0.3, -0.25) is 0 Å². The fourth-order valence-electron chi connectivity index (χ4n) is 1.08. The zero-order valence-electron chi connectivity index (χ0n) is 7.65. The lowest BCUT2D eigenvalue weighted by Gasteiger charge is -2.04. The van der Waals surface area contributed by atoms with Gasteiger partial charge in [0.05, 0.1) is 0 Å². The quantitative estimate of drug-likeness (QED) is 0.826. The highest BCUT2D eigenvalue weighted by Gasteiger charge is 2.06. The van der Waals surface area contributed by atoms with E-state index in [1.807, 2.05) is 18.2 Å². The first kappa shape index (κ1) is 10.1. The zero-order chi connectivity index (χ0) is 10.7. The molecule has 0 spiro atoms. The fourth-order valence-corrected chi connectivity index (χ4v) is 1.38. The molecule has 0 aliphatic carbocycles. The minimum atomic E-state index is -0.492. The second kappa shape index (κ2) is 4.40. The van der Waals surface area contributed by atoms with Gasteiger partial charge in [0, 0.05) is 10.7 Å². The number of rotatable bonds is 2. The molecule has 0 atom stereocenters. The van der Waals surface area contributed by atoms with Crippen LogP contribution in [-0.4, -0.2) is 4.98 Å². The van der Waals surface area contributed by atoms with Crippen molar-refractivity contribution in [3.8, 4) is 11.6 Å². The largest absolute Gasteiger partial charge is 0.436 e. The number of pyridine rings is 1. The van der Waals surface area contributed by atoms with E-state index in [1.165, 1.54) is 12.3 Å². The molecule has 76 valence electrons. The lowest BCUT2D eigenvalue weighted by Crippen LogP contribution is -1.91. The Hall–Kier alpha value is -1.42. The Morgan fingerprint density at radius 2 is 1.93 bits per heavy atom. The van der Waals surface area contributed by atoms with Crippen LogP contribution in [0.5, 0.6) is 11.6 Å². The minimum Gasteiger partial charge on any atom is -0.436 e. The summed E-state index contributed by atoms with van der Waals surface area (Å²) in [7, 11) is 0. The van der Waals surface area contributed by atoms with Crippen LogP contribution in [0.3, 0.4) is 0 Å². The highest BCUT2D eigenvalue weighted by Crippen LogP contribution is 2.23. The van der Waals surface area contributed by atoms with Gasteiger partial charge in [-0.2, -0.15) is 0 Å². The van der Waals surface area contributed by atoms with Crippen LogP contribution in [0.25, 0.3) is 0 Å². The third-order valence-electron chi connectivity index (χ3n) is 1.73. The Kier molecular flexibility index (Phi) is 2.97. The maximum Gasteiger partial charge on any atom is 0.255 e. The second-order valence-electron chi connectivity index (χ2n) is 2.86. The van der Waals surface area contributed by atoms with Gasteiger partial charge < -0.3 is 4.74 Å². The molecule has 15 heavy (non-hydrogen) atoms. The molecule has 2 aromatic rings. The van der Waals surface area contributed by atoms with Crippen LogP contribution in [0.2, 0.25) is 0 Å². The van der Waals surface area contributed by atoms with E-state index in [0.717, 1.165) is 0 Å². The standard InChI is InChI=1S/C11H7BrFNO/c12-8-6-10(13)11(14-7-8)15-9-4-2-1-3-5-9/h1-7H. The van der Waals surface area contributed by atoms with E-state index in [2.05, 4.69) is 20.9 Å². The van der Waals surface area contributed by atoms with Gasteiger partial charge in [0.25, 0.3) is 5.88 Å². The summed E-state index contributed by atoms with van der Waals surface area (Å²) in [5, 5.41) is 0. The second-order valence-corrected chi connectivity index (χ2v) is 3.77. The van der Waals surface area contributed by atoms with Gasteiger partial charge in [-0.25, -0.2) is 9.37 Å². The summed E-state index contributed by atoms with van der Waals surface area (Å²) in [5.41, 5.74) is 0. The first-order chi connectivity index (χ1) is 7.25. The molecule has 2 rings (SSSR count). The molecular formula is C11H7BrFNO. The van der Waals surface area contributed by atoms with Gasteiger partial charge in [-0.05, 0) is 34.1 Å². The Morgan fingerprint density at radius 1 is 1.20 bits per heavy atom. The summed E-state index contributed by atoms with van der Waals surface area (Å²) in [6, 6.07) is 10.3. The molecule has 0 saturated heterocycles. The lowest BCUT2D eigenvalue weighted by atomic mass is 10.3. The van der Waals surface area contributed by atoms with E-state index < -0.39 is 5.82 Å². The summed E-state index contributed by atoms with van der Waals surface area (Å²) in [4.78, 5) is 3.83. The minimum absolute atomic E-state index is 0.0237. The molecule has 0 fully saturated rings. The van der Waals surface area contributed by atoms with Gasteiger partial charge in [0.1, 0.15) is 5.75 Å². The molecule has 1 aromatic carbocycles. The highest BCUT2D eigenvalue weighted by molar-refractivity contribution is 9.10. The number of ether oxygens (including phenoxy) is 1. The molecular weight excluding hydrogens is 261 g/mol. The summed E-state index contributed by atoms with van der Waals surface area (Å²) in [5.74, 6) is 0.0452. The van der Waals surface area contributed by atoms with E-state index in [4.69, 9.17) is 4.74 Å². The molecule has 1 heterocycles. The Balaban J connectivity index is 2.25. The number of halogens is 2. The summed E-state index contributed by atoms with van der Waals surface area (Å²) >= 11 is 3.12. The van der Waals surface area contributed by atoms with E-state index in [9.17, 15) is 4.39 Å². The fraction of sp³-hybridized carbons (Fsp3) is 0. The smallest absolute Gasteiger partial charge is 0.255 e. The lowest BCUT2D eigenvalue weighted by molar-refractivity contribution is 0.422. The van der Waals surface area contributed by atoms with Crippen molar-refractivity contribution in [3.05, 3.63) is 52.9 Å². The molecule has 0 N–H and O–H groups in total. The number of para-hydroxylation sites is 1. The molecule has 1 aromatic heterocycles. The third kappa shape index (κ3) is 2.53. The summed E-state index contributed by atoms with van der Waals surface area (Å²) in [6.07, 6.45) is 1.49. The van der Waals surface area contributed by atoms with Crippen molar-refractivity contribution < 1.29 is 9.13 Å². The Morgan fingerprint density at radius 3 is 2.60 bits per heavy atom. The number of hydrogen-bond acceptors (Lipinski definition) is 2. The maximum atomic E-state index is 13.3. The van der Waals surface area contributed by atoms with Gasteiger partial charge in [0.15, 0.2) is 5.82 Å². The molecule has 0 aliphatic rings. The van der Waals surface area contributed by atoms with Gasteiger partial charge in [-0.1, -0.05) is 18.2 Å². The molecule has 0 aliphatic heterocycles. The topological polar surface area (TPSA) is 22.1 Å². The van der Waals surface area contributed by atoms with E-state index in [1.54, 1.807) is 12.1 Å². The predicted molar refractivity (Wildman–Crippen MR) is 58.4 cm³/mol. The zero-order valence-corrected chi connectivity index (χ0v) is 9.24. The molecule has 0 bridgehead atoms. The van der Waals surface area contributed by atoms with Crippen LogP contribution < -0.4 is 4.74 Å². The summed E-state index contributed by atoms with van der Waals surface area (Å²) < 4.78 is 19.2. The number of hydrogen-bond donors (Lipinski definition) is 0.